The van der Waals surface area contributed by atoms with Crippen LogP contribution in [0.3, 0.4) is 0 Å². The predicted octanol–water partition coefficient (Wildman–Crippen LogP) is 5.31. The second kappa shape index (κ2) is 6.15. The third-order valence-electron chi connectivity index (χ3n) is 2.87. The molecule has 0 saturated carbocycles. The smallest absolute Gasteiger partial charge is 0.263 e. The Balaban J connectivity index is 2.08. The van der Waals surface area contributed by atoms with E-state index in [1.165, 1.54) is 12.1 Å². The lowest BCUT2D eigenvalue weighted by Crippen LogP contribution is -2.01. The fourth-order valence-corrected chi connectivity index (χ4v) is 2.34. The van der Waals surface area contributed by atoms with Crippen LogP contribution in [0.4, 0.5) is 14.5 Å². The van der Waals surface area contributed by atoms with Crippen LogP contribution in [-0.4, -0.2) is 0 Å². The molecule has 2 rings (SSSR count). The number of aryl methyl sites for hydroxylation is 1. The van der Waals surface area contributed by atoms with Crippen molar-refractivity contribution in [2.45, 2.75) is 19.9 Å². The first-order chi connectivity index (χ1) is 9.06. The van der Waals surface area contributed by atoms with Crippen molar-refractivity contribution in [3.05, 3.63) is 63.6 Å². The number of rotatable bonds is 4. The first kappa shape index (κ1) is 14.0. The lowest BCUT2D eigenvalue weighted by molar-refractivity contribution is 0.151. The topological polar surface area (TPSA) is 12.0 Å². The highest BCUT2D eigenvalue weighted by Gasteiger charge is 2.07. The first-order valence-electron chi connectivity index (χ1n) is 5.93. The van der Waals surface area contributed by atoms with Crippen LogP contribution in [0.2, 0.25) is 0 Å². The summed E-state index contributed by atoms with van der Waals surface area (Å²) in [5.41, 5.74) is 3.02. The molecule has 0 amide bonds. The van der Waals surface area contributed by atoms with Gasteiger partial charge in [0.05, 0.1) is 0 Å². The highest BCUT2D eigenvalue weighted by Crippen LogP contribution is 2.22. The molecular weight excluding hydrogens is 312 g/mol. The van der Waals surface area contributed by atoms with E-state index in [4.69, 9.17) is 0 Å². The van der Waals surface area contributed by atoms with Gasteiger partial charge in [-0.2, -0.15) is 0 Å². The lowest BCUT2D eigenvalue weighted by Gasteiger charge is -2.11. The van der Waals surface area contributed by atoms with Crippen molar-refractivity contribution < 1.29 is 8.78 Å². The van der Waals surface area contributed by atoms with Gasteiger partial charge in [-0.3, -0.25) is 0 Å². The maximum Gasteiger partial charge on any atom is 0.263 e. The van der Waals surface area contributed by atoms with E-state index in [-0.39, 0.29) is 5.56 Å². The molecule has 0 radical (unpaired) electrons. The van der Waals surface area contributed by atoms with Gasteiger partial charge in [0.25, 0.3) is 6.43 Å². The van der Waals surface area contributed by atoms with Gasteiger partial charge in [0, 0.05) is 22.3 Å². The fraction of sp³-hybridized carbons (Fsp3) is 0.200. The van der Waals surface area contributed by atoms with Crippen LogP contribution in [0.5, 0.6) is 0 Å². The molecular formula is C15H14BrF2N. The molecule has 0 aliphatic heterocycles. The maximum atomic E-state index is 12.6. The molecule has 1 N–H and O–H groups in total. The molecule has 0 aliphatic rings. The first-order valence-corrected chi connectivity index (χ1v) is 6.72. The Morgan fingerprint density at radius 3 is 2.63 bits per heavy atom. The van der Waals surface area contributed by atoms with E-state index in [0.29, 0.717) is 6.54 Å². The molecule has 0 unspecified atom stereocenters. The van der Waals surface area contributed by atoms with E-state index in [1.807, 2.05) is 31.2 Å². The Morgan fingerprint density at radius 2 is 1.95 bits per heavy atom. The fourth-order valence-electron chi connectivity index (χ4n) is 1.86. The third kappa shape index (κ3) is 3.77. The van der Waals surface area contributed by atoms with Gasteiger partial charge in [-0.15, -0.1) is 0 Å². The molecule has 0 aromatic heterocycles. The Morgan fingerprint density at radius 1 is 1.16 bits per heavy atom. The van der Waals surface area contributed by atoms with Crippen molar-refractivity contribution in [1.82, 2.24) is 0 Å². The second-order valence-electron chi connectivity index (χ2n) is 4.36. The zero-order valence-corrected chi connectivity index (χ0v) is 12.0. The van der Waals surface area contributed by atoms with Crippen molar-refractivity contribution in [2.24, 2.45) is 0 Å². The van der Waals surface area contributed by atoms with E-state index in [0.717, 1.165) is 21.3 Å². The number of nitrogens with one attached hydrogen (secondary N) is 1. The van der Waals surface area contributed by atoms with Crippen molar-refractivity contribution in [3.63, 3.8) is 0 Å². The monoisotopic (exact) mass is 325 g/mol. The van der Waals surface area contributed by atoms with Crippen LogP contribution < -0.4 is 5.32 Å². The summed E-state index contributed by atoms with van der Waals surface area (Å²) in [5, 5.41) is 3.26. The molecule has 100 valence electrons. The molecule has 0 heterocycles. The minimum absolute atomic E-state index is 0.0619. The van der Waals surface area contributed by atoms with Crippen molar-refractivity contribution in [1.29, 1.82) is 0 Å². The Hall–Kier alpha value is -1.42. The number of hydrogen-bond acceptors (Lipinski definition) is 1. The van der Waals surface area contributed by atoms with Gasteiger partial charge in [0.1, 0.15) is 0 Å². The summed E-state index contributed by atoms with van der Waals surface area (Å²) in [6, 6.07) is 12.4. The van der Waals surface area contributed by atoms with Gasteiger partial charge >= 0.3 is 0 Å². The van der Waals surface area contributed by atoms with E-state index >= 15 is 0 Å². The number of benzene rings is 2. The summed E-state index contributed by atoms with van der Waals surface area (Å²) < 4.78 is 26.2. The predicted molar refractivity (Wildman–Crippen MR) is 77.6 cm³/mol. The molecule has 0 aliphatic carbocycles. The van der Waals surface area contributed by atoms with Gasteiger partial charge in [0.15, 0.2) is 0 Å². The SMILES string of the molecule is Cc1cc(Br)ccc1NCc1cccc(C(F)F)c1. The number of halogens is 3. The van der Waals surface area contributed by atoms with Gasteiger partial charge in [-0.1, -0.05) is 34.1 Å². The Labute approximate surface area is 119 Å². The Kier molecular flexibility index (Phi) is 4.53. The molecule has 1 nitrogen and oxygen atoms in total. The molecule has 0 saturated heterocycles. The molecule has 0 bridgehead atoms. The molecule has 0 atom stereocenters. The molecule has 0 spiro atoms. The largest absolute Gasteiger partial charge is 0.381 e. The van der Waals surface area contributed by atoms with E-state index in [2.05, 4.69) is 21.2 Å². The number of anilines is 1. The third-order valence-corrected chi connectivity index (χ3v) is 3.37. The minimum Gasteiger partial charge on any atom is -0.381 e. The summed E-state index contributed by atoms with van der Waals surface area (Å²) in [7, 11) is 0. The summed E-state index contributed by atoms with van der Waals surface area (Å²) in [6.07, 6.45) is -2.42. The maximum absolute atomic E-state index is 12.6. The standard InChI is InChI=1S/C15H14BrF2N/c1-10-7-13(16)5-6-14(10)19-9-11-3-2-4-12(8-11)15(17)18/h2-8,15,19H,9H2,1H3. The highest BCUT2D eigenvalue weighted by molar-refractivity contribution is 9.10. The zero-order valence-electron chi connectivity index (χ0n) is 10.5. The van der Waals surface area contributed by atoms with Crippen molar-refractivity contribution in [3.8, 4) is 0 Å². The van der Waals surface area contributed by atoms with Gasteiger partial charge in [-0.25, -0.2) is 8.78 Å². The zero-order chi connectivity index (χ0) is 13.8. The number of hydrogen-bond donors (Lipinski definition) is 1. The van der Waals surface area contributed by atoms with Crippen LogP contribution >= 0.6 is 15.9 Å². The molecule has 4 heteroatoms. The van der Waals surface area contributed by atoms with Crippen molar-refractivity contribution in [2.75, 3.05) is 5.32 Å². The Bertz CT molecular complexity index is 570. The minimum atomic E-state index is -2.42. The van der Waals surface area contributed by atoms with Gasteiger partial charge in [-0.05, 0) is 42.3 Å². The van der Waals surface area contributed by atoms with Crippen LogP contribution in [-0.2, 0) is 6.54 Å². The van der Waals surface area contributed by atoms with Crippen LogP contribution in [0.15, 0.2) is 46.9 Å². The van der Waals surface area contributed by atoms with E-state index in [1.54, 1.807) is 6.07 Å². The average Bonchev–Trinajstić information content (AvgIpc) is 2.38. The van der Waals surface area contributed by atoms with Crippen LogP contribution in [0.25, 0.3) is 0 Å². The summed E-state index contributed by atoms with van der Waals surface area (Å²) >= 11 is 3.41. The summed E-state index contributed by atoms with van der Waals surface area (Å²) in [6.45, 7) is 2.53. The highest BCUT2D eigenvalue weighted by atomic mass is 79.9. The van der Waals surface area contributed by atoms with E-state index < -0.39 is 6.43 Å². The molecule has 2 aromatic carbocycles. The van der Waals surface area contributed by atoms with Crippen LogP contribution in [0, 0.1) is 6.92 Å². The number of alkyl halides is 2. The summed E-state index contributed by atoms with van der Waals surface area (Å²) in [4.78, 5) is 0. The van der Waals surface area contributed by atoms with Crippen molar-refractivity contribution >= 4 is 21.6 Å². The molecule has 2 aromatic rings. The quantitative estimate of drug-likeness (QED) is 0.803. The molecule has 19 heavy (non-hydrogen) atoms. The van der Waals surface area contributed by atoms with Crippen LogP contribution in [0.1, 0.15) is 23.1 Å². The van der Waals surface area contributed by atoms with Gasteiger partial charge in [0.2, 0.25) is 0 Å². The van der Waals surface area contributed by atoms with E-state index in [9.17, 15) is 8.78 Å². The summed E-state index contributed by atoms with van der Waals surface area (Å²) in [5.74, 6) is 0. The average molecular weight is 326 g/mol. The second-order valence-corrected chi connectivity index (χ2v) is 5.27. The van der Waals surface area contributed by atoms with Gasteiger partial charge < -0.3 is 5.32 Å². The normalized spacial score (nSPS) is 10.8. The lowest BCUT2D eigenvalue weighted by atomic mass is 10.1. The molecule has 0 fully saturated rings.